The van der Waals surface area contributed by atoms with Crippen LogP contribution in [-0.4, -0.2) is 6.03 Å². The van der Waals surface area contributed by atoms with Gasteiger partial charge in [-0.25, -0.2) is 4.79 Å². The Hall–Kier alpha value is -2.03. The van der Waals surface area contributed by atoms with Crippen LogP contribution in [0.25, 0.3) is 0 Å². The largest absolute Gasteiger partial charge is 0.323 e. The molecule has 0 bridgehead atoms. The number of aryl methyl sites for hydroxylation is 1. The van der Waals surface area contributed by atoms with E-state index in [2.05, 4.69) is 10.6 Å². The number of hydrogen-bond acceptors (Lipinski definition) is 1. The maximum absolute atomic E-state index is 11.6. The van der Waals surface area contributed by atoms with E-state index in [4.69, 9.17) is 0 Å². The average molecular weight is 214 g/mol. The monoisotopic (exact) mass is 214 g/mol. The molecule has 2 amide bonds. The van der Waals surface area contributed by atoms with Gasteiger partial charge in [-0.2, -0.15) is 0 Å². The fourth-order valence-electron chi connectivity index (χ4n) is 1.48. The topological polar surface area (TPSA) is 41.1 Å². The van der Waals surface area contributed by atoms with Gasteiger partial charge in [-0.1, -0.05) is 29.8 Å². The van der Waals surface area contributed by atoms with Crippen LogP contribution in [-0.2, 0) is 0 Å². The number of allylic oxidation sites excluding steroid dienone is 3. The summed E-state index contributed by atoms with van der Waals surface area (Å²) in [4.78, 5) is 11.6. The fraction of sp³-hybridized carbons (Fsp3) is 0.154. The van der Waals surface area contributed by atoms with E-state index in [-0.39, 0.29) is 6.03 Å². The van der Waals surface area contributed by atoms with Gasteiger partial charge in [0.2, 0.25) is 0 Å². The Bertz CT molecular complexity index is 444. The van der Waals surface area contributed by atoms with Crippen molar-refractivity contribution >= 4 is 11.7 Å². The molecule has 82 valence electrons. The van der Waals surface area contributed by atoms with Crippen LogP contribution in [0.4, 0.5) is 10.5 Å². The van der Waals surface area contributed by atoms with Gasteiger partial charge in [0, 0.05) is 11.4 Å². The zero-order valence-corrected chi connectivity index (χ0v) is 9.16. The Labute approximate surface area is 94.9 Å². The number of anilines is 1. The molecule has 0 radical (unpaired) electrons. The highest BCUT2D eigenvalue weighted by molar-refractivity contribution is 5.90. The number of carbonyl (C=O) groups is 1. The van der Waals surface area contributed by atoms with Gasteiger partial charge in [-0.15, -0.1) is 0 Å². The summed E-state index contributed by atoms with van der Waals surface area (Å²) >= 11 is 0. The Morgan fingerprint density at radius 3 is 2.56 bits per heavy atom. The summed E-state index contributed by atoms with van der Waals surface area (Å²) < 4.78 is 0. The van der Waals surface area contributed by atoms with Crippen molar-refractivity contribution in [3.05, 3.63) is 53.8 Å². The second-order valence-electron chi connectivity index (χ2n) is 3.74. The van der Waals surface area contributed by atoms with Crippen LogP contribution in [0.2, 0.25) is 0 Å². The summed E-state index contributed by atoms with van der Waals surface area (Å²) in [6.07, 6.45) is 6.76. The molecule has 0 saturated heterocycles. The first-order valence-corrected chi connectivity index (χ1v) is 5.25. The molecule has 0 aliphatic heterocycles. The number of carbonyl (C=O) groups excluding carboxylic acids is 1. The third kappa shape index (κ3) is 2.73. The van der Waals surface area contributed by atoms with Crippen molar-refractivity contribution in [3.63, 3.8) is 0 Å². The lowest BCUT2D eigenvalue weighted by molar-refractivity contribution is 0.254. The molecule has 3 heteroatoms. The molecule has 16 heavy (non-hydrogen) atoms. The van der Waals surface area contributed by atoms with Crippen LogP contribution in [0.1, 0.15) is 12.0 Å². The molecular formula is C13H14N2O. The Morgan fingerprint density at radius 1 is 1.19 bits per heavy atom. The Kier molecular flexibility index (Phi) is 3.05. The number of benzene rings is 1. The van der Waals surface area contributed by atoms with Gasteiger partial charge in [0.1, 0.15) is 0 Å². The van der Waals surface area contributed by atoms with E-state index in [1.807, 2.05) is 49.4 Å². The molecule has 1 aromatic rings. The summed E-state index contributed by atoms with van der Waals surface area (Å²) in [7, 11) is 0. The zero-order chi connectivity index (χ0) is 11.4. The second-order valence-corrected chi connectivity index (χ2v) is 3.74. The molecule has 0 atom stereocenters. The molecule has 1 aromatic carbocycles. The first-order chi connectivity index (χ1) is 7.74. The summed E-state index contributed by atoms with van der Waals surface area (Å²) in [5.41, 5.74) is 2.82. The number of amides is 2. The number of hydrogen-bond donors (Lipinski definition) is 2. The van der Waals surface area contributed by atoms with Gasteiger partial charge in [-0.05, 0) is 31.6 Å². The van der Waals surface area contributed by atoms with E-state index in [0.29, 0.717) is 0 Å². The minimum absolute atomic E-state index is 0.207. The summed E-state index contributed by atoms with van der Waals surface area (Å²) in [5, 5.41) is 5.54. The molecule has 0 fully saturated rings. The number of urea groups is 1. The van der Waals surface area contributed by atoms with Gasteiger partial charge < -0.3 is 10.6 Å². The van der Waals surface area contributed by atoms with E-state index in [0.717, 1.165) is 17.8 Å². The highest BCUT2D eigenvalue weighted by Gasteiger charge is 2.04. The summed E-state index contributed by atoms with van der Waals surface area (Å²) in [6.45, 7) is 2.01. The maximum Gasteiger partial charge on any atom is 0.323 e. The van der Waals surface area contributed by atoms with Crippen LogP contribution in [0, 0.1) is 6.92 Å². The predicted molar refractivity (Wildman–Crippen MR) is 65.2 cm³/mol. The second kappa shape index (κ2) is 4.66. The minimum Gasteiger partial charge on any atom is -0.308 e. The standard InChI is InChI=1S/C13H14N2O/c1-10-6-8-12(9-7-10)15-13(16)14-11-4-2-3-5-11/h2,4-9H,3H2,1H3,(H2,14,15,16). The molecule has 0 aromatic heterocycles. The van der Waals surface area contributed by atoms with Gasteiger partial charge >= 0.3 is 6.03 Å². The molecular weight excluding hydrogens is 200 g/mol. The predicted octanol–water partition coefficient (Wildman–Crippen LogP) is 2.96. The van der Waals surface area contributed by atoms with Gasteiger partial charge in [0.15, 0.2) is 0 Å². The Balaban J connectivity index is 1.92. The molecule has 0 heterocycles. The normalized spacial score (nSPS) is 13.4. The number of rotatable bonds is 2. The number of nitrogens with one attached hydrogen (secondary N) is 2. The smallest absolute Gasteiger partial charge is 0.308 e. The van der Waals surface area contributed by atoms with Crippen molar-refractivity contribution in [2.75, 3.05) is 5.32 Å². The summed E-state index contributed by atoms with van der Waals surface area (Å²) in [5.74, 6) is 0. The van der Waals surface area contributed by atoms with Gasteiger partial charge in [-0.3, -0.25) is 0 Å². The zero-order valence-electron chi connectivity index (χ0n) is 9.16. The molecule has 1 aliphatic rings. The molecule has 2 rings (SSSR count). The van der Waals surface area contributed by atoms with Gasteiger partial charge in [0.05, 0.1) is 0 Å². The van der Waals surface area contributed by atoms with Gasteiger partial charge in [0.25, 0.3) is 0 Å². The van der Waals surface area contributed by atoms with E-state index >= 15 is 0 Å². The van der Waals surface area contributed by atoms with Crippen molar-refractivity contribution in [1.29, 1.82) is 0 Å². The quantitative estimate of drug-likeness (QED) is 0.780. The molecule has 1 aliphatic carbocycles. The van der Waals surface area contributed by atoms with E-state index in [9.17, 15) is 4.79 Å². The van der Waals surface area contributed by atoms with Crippen molar-refractivity contribution in [1.82, 2.24) is 5.32 Å². The highest BCUT2D eigenvalue weighted by Crippen LogP contribution is 2.09. The third-order valence-electron chi connectivity index (χ3n) is 2.34. The van der Waals surface area contributed by atoms with Crippen LogP contribution in [0.3, 0.4) is 0 Å². The Morgan fingerprint density at radius 2 is 1.94 bits per heavy atom. The molecule has 2 N–H and O–H groups in total. The molecule has 0 spiro atoms. The minimum atomic E-state index is -0.207. The molecule has 3 nitrogen and oxygen atoms in total. The van der Waals surface area contributed by atoms with E-state index < -0.39 is 0 Å². The lowest BCUT2D eigenvalue weighted by atomic mass is 10.2. The van der Waals surface area contributed by atoms with E-state index in [1.54, 1.807) is 0 Å². The van der Waals surface area contributed by atoms with Crippen LogP contribution < -0.4 is 10.6 Å². The fourth-order valence-corrected chi connectivity index (χ4v) is 1.48. The third-order valence-corrected chi connectivity index (χ3v) is 2.34. The van der Waals surface area contributed by atoms with Crippen LogP contribution in [0.15, 0.2) is 48.2 Å². The van der Waals surface area contributed by atoms with Crippen molar-refractivity contribution in [2.45, 2.75) is 13.3 Å². The SMILES string of the molecule is Cc1ccc(NC(=O)NC2=CCC=C2)cc1. The van der Waals surface area contributed by atoms with Crippen molar-refractivity contribution in [3.8, 4) is 0 Å². The van der Waals surface area contributed by atoms with Crippen molar-refractivity contribution < 1.29 is 4.79 Å². The molecule has 0 unspecified atom stereocenters. The first-order valence-electron chi connectivity index (χ1n) is 5.25. The lowest BCUT2D eigenvalue weighted by Crippen LogP contribution is -2.27. The van der Waals surface area contributed by atoms with E-state index in [1.165, 1.54) is 5.56 Å². The van der Waals surface area contributed by atoms with Crippen LogP contribution >= 0.6 is 0 Å². The maximum atomic E-state index is 11.6. The van der Waals surface area contributed by atoms with Crippen molar-refractivity contribution in [2.24, 2.45) is 0 Å². The molecule has 0 saturated carbocycles. The van der Waals surface area contributed by atoms with Crippen LogP contribution in [0.5, 0.6) is 0 Å². The highest BCUT2D eigenvalue weighted by atomic mass is 16.2. The lowest BCUT2D eigenvalue weighted by Gasteiger charge is -2.07. The summed E-state index contributed by atoms with van der Waals surface area (Å²) in [6, 6.07) is 7.48. The average Bonchev–Trinajstić information content (AvgIpc) is 2.74. The first kappa shape index (κ1) is 10.5.